The second-order valence-corrected chi connectivity index (χ2v) is 4.96. The van der Waals surface area contributed by atoms with Crippen LogP contribution in [0.5, 0.6) is 0 Å². The normalized spacial score (nSPS) is 10.9. The zero-order valence-corrected chi connectivity index (χ0v) is 12.3. The average Bonchev–Trinajstić information content (AvgIpc) is 2.87. The van der Waals surface area contributed by atoms with Gasteiger partial charge in [0.25, 0.3) is 0 Å². The van der Waals surface area contributed by atoms with Gasteiger partial charge in [-0.2, -0.15) is 5.10 Å². The number of halogens is 2. The van der Waals surface area contributed by atoms with Gasteiger partial charge in [0.2, 0.25) is 5.91 Å². The zero-order chi connectivity index (χ0) is 14.5. The van der Waals surface area contributed by atoms with Crippen molar-refractivity contribution in [1.29, 1.82) is 0 Å². The summed E-state index contributed by atoms with van der Waals surface area (Å²) < 4.78 is 0. The summed E-state index contributed by atoms with van der Waals surface area (Å²) in [7, 11) is 0. The summed E-state index contributed by atoms with van der Waals surface area (Å²) in [6.45, 7) is 2.00. The minimum atomic E-state index is -0.282. The number of hydrogen-bond donors (Lipinski definition) is 2. The lowest BCUT2D eigenvalue weighted by Crippen LogP contribution is -2.07. The summed E-state index contributed by atoms with van der Waals surface area (Å²) in [6.07, 6.45) is 3.83. The topological polar surface area (TPSA) is 57.8 Å². The Morgan fingerprint density at radius 1 is 1.40 bits per heavy atom. The molecular weight excluding hydrogens is 297 g/mol. The van der Waals surface area contributed by atoms with E-state index in [1.807, 2.05) is 6.92 Å². The Labute approximate surface area is 126 Å². The van der Waals surface area contributed by atoms with Gasteiger partial charge >= 0.3 is 0 Å². The summed E-state index contributed by atoms with van der Waals surface area (Å²) in [5, 5.41) is 10.6. The smallest absolute Gasteiger partial charge is 0.249 e. The molecule has 1 amide bonds. The molecule has 1 aromatic carbocycles. The van der Waals surface area contributed by atoms with Crippen molar-refractivity contribution in [2.75, 3.05) is 5.32 Å². The van der Waals surface area contributed by atoms with E-state index in [2.05, 4.69) is 15.5 Å². The Hall–Kier alpha value is -1.78. The highest BCUT2D eigenvalue weighted by molar-refractivity contribution is 6.34. The van der Waals surface area contributed by atoms with Crippen LogP contribution in [0.15, 0.2) is 30.3 Å². The van der Waals surface area contributed by atoms with E-state index in [0.717, 1.165) is 12.1 Å². The lowest BCUT2D eigenvalue weighted by atomic mass is 10.2. The van der Waals surface area contributed by atoms with Gasteiger partial charge in [-0.1, -0.05) is 30.1 Å². The molecule has 0 aliphatic rings. The molecule has 0 bridgehead atoms. The molecular formula is C14H13Cl2N3O. The van der Waals surface area contributed by atoms with Crippen LogP contribution in [0, 0.1) is 0 Å². The SMILES string of the molecule is CCc1cc(NC(=O)/C=C/c2cc(Cl)ccc2Cl)n[nH]1. The van der Waals surface area contributed by atoms with Crippen molar-refractivity contribution < 1.29 is 4.79 Å². The van der Waals surface area contributed by atoms with Crippen LogP contribution >= 0.6 is 23.2 Å². The number of amides is 1. The highest BCUT2D eigenvalue weighted by Gasteiger charge is 2.03. The summed E-state index contributed by atoms with van der Waals surface area (Å²) >= 11 is 11.9. The molecule has 0 aliphatic carbocycles. The van der Waals surface area contributed by atoms with Crippen molar-refractivity contribution in [3.05, 3.63) is 51.6 Å². The predicted octanol–water partition coefficient (Wildman–Crippen LogP) is 3.93. The van der Waals surface area contributed by atoms with Crippen molar-refractivity contribution in [1.82, 2.24) is 10.2 Å². The van der Waals surface area contributed by atoms with E-state index < -0.39 is 0 Å². The average molecular weight is 310 g/mol. The number of aromatic nitrogens is 2. The first-order chi connectivity index (χ1) is 9.58. The molecule has 0 fully saturated rings. The number of aryl methyl sites for hydroxylation is 1. The second kappa shape index (κ2) is 6.59. The van der Waals surface area contributed by atoms with Crippen LogP contribution in [-0.2, 0) is 11.2 Å². The first-order valence-electron chi connectivity index (χ1n) is 6.07. The van der Waals surface area contributed by atoms with Gasteiger partial charge in [0.05, 0.1) is 0 Å². The van der Waals surface area contributed by atoms with Crippen molar-refractivity contribution in [2.45, 2.75) is 13.3 Å². The lowest BCUT2D eigenvalue weighted by Gasteiger charge is -1.99. The molecule has 1 heterocycles. The second-order valence-electron chi connectivity index (χ2n) is 4.12. The van der Waals surface area contributed by atoms with Crippen molar-refractivity contribution in [3.8, 4) is 0 Å². The van der Waals surface area contributed by atoms with E-state index in [1.54, 1.807) is 30.3 Å². The van der Waals surface area contributed by atoms with Gasteiger partial charge in [-0.3, -0.25) is 9.89 Å². The number of aromatic amines is 1. The molecule has 0 saturated heterocycles. The highest BCUT2D eigenvalue weighted by Crippen LogP contribution is 2.21. The van der Waals surface area contributed by atoms with Crippen LogP contribution in [-0.4, -0.2) is 16.1 Å². The first-order valence-corrected chi connectivity index (χ1v) is 6.82. The molecule has 2 rings (SSSR count). The third-order valence-electron chi connectivity index (χ3n) is 2.64. The molecule has 0 saturated carbocycles. The molecule has 0 spiro atoms. The fourth-order valence-corrected chi connectivity index (χ4v) is 1.94. The molecule has 0 aliphatic heterocycles. The van der Waals surface area contributed by atoms with E-state index in [-0.39, 0.29) is 5.91 Å². The number of nitrogens with one attached hydrogen (secondary N) is 2. The first kappa shape index (κ1) is 14.6. The predicted molar refractivity (Wildman–Crippen MR) is 82.1 cm³/mol. The quantitative estimate of drug-likeness (QED) is 0.841. The summed E-state index contributed by atoms with van der Waals surface area (Å²) in [5.41, 5.74) is 1.65. The van der Waals surface area contributed by atoms with E-state index in [0.29, 0.717) is 21.4 Å². The lowest BCUT2D eigenvalue weighted by molar-refractivity contribution is -0.111. The largest absolute Gasteiger partial charge is 0.306 e. The number of carbonyl (C=O) groups is 1. The number of benzene rings is 1. The van der Waals surface area contributed by atoms with Crippen LogP contribution in [0.4, 0.5) is 5.82 Å². The van der Waals surface area contributed by atoms with Crippen LogP contribution in [0.25, 0.3) is 6.08 Å². The molecule has 0 unspecified atom stereocenters. The van der Waals surface area contributed by atoms with E-state index in [9.17, 15) is 4.79 Å². The van der Waals surface area contributed by atoms with Gasteiger partial charge in [0, 0.05) is 27.9 Å². The highest BCUT2D eigenvalue weighted by atomic mass is 35.5. The molecule has 0 atom stereocenters. The van der Waals surface area contributed by atoms with Gasteiger partial charge in [-0.25, -0.2) is 0 Å². The minimum absolute atomic E-state index is 0.282. The fourth-order valence-electron chi connectivity index (χ4n) is 1.58. The number of carbonyl (C=O) groups excluding carboxylic acids is 1. The van der Waals surface area contributed by atoms with Crippen LogP contribution in [0.1, 0.15) is 18.2 Å². The number of hydrogen-bond acceptors (Lipinski definition) is 2. The van der Waals surface area contributed by atoms with Gasteiger partial charge in [0.15, 0.2) is 5.82 Å². The maximum absolute atomic E-state index is 11.8. The maximum Gasteiger partial charge on any atom is 0.249 e. The Kier molecular flexibility index (Phi) is 4.82. The third-order valence-corrected chi connectivity index (χ3v) is 3.21. The number of nitrogens with zero attached hydrogens (tertiary/aromatic N) is 1. The number of anilines is 1. The molecule has 2 aromatic rings. The minimum Gasteiger partial charge on any atom is -0.306 e. The number of H-pyrrole nitrogens is 1. The summed E-state index contributed by atoms with van der Waals surface area (Å²) in [4.78, 5) is 11.8. The van der Waals surface area contributed by atoms with Gasteiger partial charge in [0.1, 0.15) is 0 Å². The maximum atomic E-state index is 11.8. The van der Waals surface area contributed by atoms with Gasteiger partial charge in [-0.15, -0.1) is 0 Å². The van der Waals surface area contributed by atoms with E-state index >= 15 is 0 Å². The molecule has 2 N–H and O–H groups in total. The van der Waals surface area contributed by atoms with Crippen LogP contribution < -0.4 is 5.32 Å². The van der Waals surface area contributed by atoms with Crippen molar-refractivity contribution in [2.24, 2.45) is 0 Å². The van der Waals surface area contributed by atoms with Crippen LogP contribution in [0.2, 0.25) is 10.0 Å². The molecule has 1 aromatic heterocycles. The van der Waals surface area contributed by atoms with Crippen molar-refractivity contribution in [3.63, 3.8) is 0 Å². The van der Waals surface area contributed by atoms with Gasteiger partial charge < -0.3 is 5.32 Å². The zero-order valence-electron chi connectivity index (χ0n) is 10.8. The third kappa shape index (κ3) is 3.85. The number of rotatable bonds is 4. The molecule has 0 radical (unpaired) electrons. The Bertz CT molecular complexity index is 650. The van der Waals surface area contributed by atoms with Gasteiger partial charge in [-0.05, 0) is 36.3 Å². The van der Waals surface area contributed by atoms with Crippen LogP contribution in [0.3, 0.4) is 0 Å². The van der Waals surface area contributed by atoms with Crippen molar-refractivity contribution >= 4 is 41.0 Å². The standard InChI is InChI=1S/C14H13Cl2N3O/c1-2-11-8-13(19-18-11)17-14(20)6-3-9-7-10(15)4-5-12(9)16/h3-8H,2H2,1H3,(H2,17,18,19,20)/b6-3+. The van der Waals surface area contributed by atoms with E-state index in [4.69, 9.17) is 23.2 Å². The Morgan fingerprint density at radius 3 is 2.90 bits per heavy atom. The van der Waals surface area contributed by atoms with E-state index in [1.165, 1.54) is 6.08 Å². The molecule has 4 nitrogen and oxygen atoms in total. The Balaban J connectivity index is 2.03. The molecule has 6 heteroatoms. The summed E-state index contributed by atoms with van der Waals surface area (Å²) in [6, 6.07) is 6.86. The fraction of sp³-hybridized carbons (Fsp3) is 0.143. The molecule has 20 heavy (non-hydrogen) atoms. The Morgan fingerprint density at radius 2 is 2.20 bits per heavy atom. The molecule has 104 valence electrons. The summed E-state index contributed by atoms with van der Waals surface area (Å²) in [5.74, 6) is 0.212. The monoisotopic (exact) mass is 309 g/mol.